The molecule has 0 aliphatic rings. The molecular formula is C16H26N6O6S2. The quantitative estimate of drug-likeness (QED) is 0.147. The van der Waals surface area contributed by atoms with Gasteiger partial charge in [-0.3, -0.25) is 14.4 Å². The van der Waals surface area contributed by atoms with E-state index in [1.54, 1.807) is 0 Å². The Morgan fingerprint density at radius 1 is 1.10 bits per heavy atom. The minimum absolute atomic E-state index is 0.0485. The largest absolute Gasteiger partial charge is 0.480 e. The SMILES string of the molecule is CC(O)C(NC(=O)C(Cc1cnc[nH]1)NC(=O)C(CS)NC(=O)C(N)CS)C(=O)O. The Bertz CT molecular complexity index is 732. The van der Waals surface area contributed by atoms with Crippen LogP contribution in [0.5, 0.6) is 0 Å². The van der Waals surface area contributed by atoms with Crippen LogP contribution in [0.15, 0.2) is 12.5 Å². The maximum Gasteiger partial charge on any atom is 0.328 e. The summed E-state index contributed by atoms with van der Waals surface area (Å²) in [7, 11) is 0. The van der Waals surface area contributed by atoms with Crippen molar-refractivity contribution >= 4 is 48.9 Å². The third kappa shape index (κ3) is 7.85. The van der Waals surface area contributed by atoms with Crippen LogP contribution in [0, 0.1) is 0 Å². The van der Waals surface area contributed by atoms with Crippen molar-refractivity contribution in [2.45, 2.75) is 43.6 Å². The fourth-order valence-corrected chi connectivity index (χ4v) is 2.72. The van der Waals surface area contributed by atoms with Crippen LogP contribution in [0.4, 0.5) is 0 Å². The van der Waals surface area contributed by atoms with E-state index >= 15 is 0 Å². The van der Waals surface area contributed by atoms with Crippen LogP contribution in [0.2, 0.25) is 0 Å². The molecule has 3 amide bonds. The Hall–Kier alpha value is -2.29. The number of aliphatic hydroxyl groups is 1. The normalized spacial score (nSPS) is 15.9. The standard InChI is InChI=1S/C16H26N6O6S2/c1-7(23)12(16(27)28)22-14(25)10(2-8-3-18-6-19-8)20-15(26)11(5-30)21-13(24)9(17)4-29/h3,6-7,9-12,23,29-30H,2,4-5,17H2,1H3,(H,18,19)(H,20,26)(H,21,24)(H,22,25)(H,27,28). The van der Waals surface area contributed by atoms with Crippen molar-refractivity contribution in [2.24, 2.45) is 5.73 Å². The highest BCUT2D eigenvalue weighted by molar-refractivity contribution is 7.80. The fourth-order valence-electron chi connectivity index (χ4n) is 2.30. The smallest absolute Gasteiger partial charge is 0.328 e. The first kappa shape index (κ1) is 25.7. The molecule has 0 aliphatic carbocycles. The summed E-state index contributed by atoms with van der Waals surface area (Å²) in [5, 5.41) is 25.8. The van der Waals surface area contributed by atoms with Crippen LogP contribution in [-0.4, -0.2) is 85.6 Å². The molecule has 12 nitrogen and oxygen atoms in total. The van der Waals surface area contributed by atoms with Gasteiger partial charge in [0, 0.05) is 29.8 Å². The van der Waals surface area contributed by atoms with Crippen LogP contribution < -0.4 is 21.7 Å². The highest BCUT2D eigenvalue weighted by atomic mass is 32.1. The van der Waals surface area contributed by atoms with Gasteiger partial charge in [0.25, 0.3) is 0 Å². The lowest BCUT2D eigenvalue weighted by molar-refractivity contribution is -0.145. The lowest BCUT2D eigenvalue weighted by Crippen LogP contribution is -2.59. The van der Waals surface area contributed by atoms with Crippen molar-refractivity contribution in [2.75, 3.05) is 11.5 Å². The second-order valence-electron chi connectivity index (χ2n) is 6.44. The predicted molar refractivity (Wildman–Crippen MR) is 113 cm³/mol. The Labute approximate surface area is 183 Å². The first-order valence-electron chi connectivity index (χ1n) is 8.87. The minimum atomic E-state index is -1.58. The highest BCUT2D eigenvalue weighted by Crippen LogP contribution is 2.03. The van der Waals surface area contributed by atoms with E-state index in [0.29, 0.717) is 5.69 Å². The summed E-state index contributed by atoms with van der Waals surface area (Å²) in [5.74, 6) is -3.65. The number of aromatic nitrogens is 2. The molecule has 1 heterocycles. The number of aliphatic carboxylic acids is 1. The van der Waals surface area contributed by atoms with E-state index in [9.17, 15) is 24.3 Å². The zero-order valence-corrected chi connectivity index (χ0v) is 17.9. The van der Waals surface area contributed by atoms with E-state index in [-0.39, 0.29) is 17.9 Å². The van der Waals surface area contributed by atoms with E-state index in [1.807, 2.05) is 0 Å². The predicted octanol–water partition coefficient (Wildman–Crippen LogP) is -2.94. The number of carboxylic acids is 1. The number of hydrogen-bond donors (Lipinski definition) is 9. The molecule has 0 spiro atoms. The molecule has 30 heavy (non-hydrogen) atoms. The number of hydrogen-bond acceptors (Lipinski definition) is 9. The van der Waals surface area contributed by atoms with Crippen molar-refractivity contribution in [3.05, 3.63) is 18.2 Å². The van der Waals surface area contributed by atoms with Gasteiger partial charge in [0.15, 0.2) is 6.04 Å². The van der Waals surface area contributed by atoms with Crippen LogP contribution in [-0.2, 0) is 25.6 Å². The molecule has 168 valence electrons. The van der Waals surface area contributed by atoms with Crippen molar-refractivity contribution in [3.8, 4) is 0 Å². The number of thiol groups is 2. The molecule has 0 radical (unpaired) electrons. The molecule has 14 heteroatoms. The number of aliphatic hydroxyl groups excluding tert-OH is 1. The number of imidazole rings is 1. The Balaban J connectivity index is 2.96. The average Bonchev–Trinajstić information content (AvgIpc) is 3.20. The summed E-state index contributed by atoms with van der Waals surface area (Å²) in [4.78, 5) is 55.0. The number of nitrogens with two attached hydrogens (primary N) is 1. The molecule has 0 fully saturated rings. The number of nitrogens with zero attached hydrogens (tertiary/aromatic N) is 1. The molecule has 1 aromatic heterocycles. The molecule has 5 unspecified atom stereocenters. The molecule has 8 N–H and O–H groups in total. The zero-order chi connectivity index (χ0) is 22.8. The summed E-state index contributed by atoms with van der Waals surface area (Å²) < 4.78 is 0. The Morgan fingerprint density at radius 3 is 2.17 bits per heavy atom. The van der Waals surface area contributed by atoms with Gasteiger partial charge >= 0.3 is 5.97 Å². The van der Waals surface area contributed by atoms with E-state index in [1.165, 1.54) is 19.4 Å². The molecular weight excluding hydrogens is 436 g/mol. The van der Waals surface area contributed by atoms with Gasteiger partial charge < -0.3 is 36.9 Å². The van der Waals surface area contributed by atoms with Crippen LogP contribution in [0.25, 0.3) is 0 Å². The van der Waals surface area contributed by atoms with E-state index in [0.717, 1.165) is 0 Å². The molecule has 0 saturated heterocycles. The Morgan fingerprint density at radius 2 is 1.70 bits per heavy atom. The molecule has 0 bridgehead atoms. The molecule has 1 rings (SSSR count). The lowest BCUT2D eigenvalue weighted by atomic mass is 10.1. The fraction of sp³-hybridized carbons (Fsp3) is 0.562. The number of H-pyrrole nitrogens is 1. The van der Waals surface area contributed by atoms with Crippen LogP contribution in [0.1, 0.15) is 12.6 Å². The summed E-state index contributed by atoms with van der Waals surface area (Å²) in [5.41, 5.74) is 6.06. The molecule has 0 aromatic carbocycles. The van der Waals surface area contributed by atoms with Gasteiger partial charge in [-0.1, -0.05) is 0 Å². The van der Waals surface area contributed by atoms with Crippen LogP contribution in [0.3, 0.4) is 0 Å². The second kappa shape index (κ2) is 12.4. The van der Waals surface area contributed by atoms with Gasteiger partial charge in [-0.2, -0.15) is 25.3 Å². The number of carbonyl (C=O) groups excluding carboxylic acids is 3. The van der Waals surface area contributed by atoms with Crippen molar-refractivity contribution in [1.29, 1.82) is 0 Å². The average molecular weight is 463 g/mol. The minimum Gasteiger partial charge on any atom is -0.480 e. The van der Waals surface area contributed by atoms with Gasteiger partial charge in [0.1, 0.15) is 12.1 Å². The van der Waals surface area contributed by atoms with E-state index in [4.69, 9.17) is 10.8 Å². The van der Waals surface area contributed by atoms with Crippen molar-refractivity contribution < 1.29 is 29.4 Å². The molecule has 1 aromatic rings. The number of nitrogens with one attached hydrogen (secondary N) is 4. The van der Waals surface area contributed by atoms with Gasteiger partial charge in [-0.15, -0.1) is 0 Å². The van der Waals surface area contributed by atoms with Gasteiger partial charge in [-0.05, 0) is 6.92 Å². The Kier molecular flexibility index (Phi) is 10.7. The number of carbonyl (C=O) groups is 4. The topological polar surface area (TPSA) is 200 Å². The van der Waals surface area contributed by atoms with Gasteiger partial charge in [-0.25, -0.2) is 9.78 Å². The monoisotopic (exact) mass is 462 g/mol. The van der Waals surface area contributed by atoms with Crippen molar-refractivity contribution in [3.63, 3.8) is 0 Å². The van der Waals surface area contributed by atoms with Gasteiger partial charge in [0.2, 0.25) is 17.7 Å². The third-order valence-electron chi connectivity index (χ3n) is 4.01. The zero-order valence-electron chi connectivity index (χ0n) is 16.1. The number of aromatic amines is 1. The molecule has 0 saturated carbocycles. The van der Waals surface area contributed by atoms with Crippen molar-refractivity contribution in [1.82, 2.24) is 25.9 Å². The summed E-state index contributed by atoms with van der Waals surface area (Å²) in [6.07, 6.45) is 1.38. The number of amides is 3. The second-order valence-corrected chi connectivity index (χ2v) is 7.17. The lowest BCUT2D eigenvalue weighted by Gasteiger charge is -2.25. The first-order valence-corrected chi connectivity index (χ1v) is 10.1. The summed E-state index contributed by atoms with van der Waals surface area (Å²) >= 11 is 7.96. The molecule has 5 atom stereocenters. The van der Waals surface area contributed by atoms with Crippen LogP contribution >= 0.6 is 25.3 Å². The number of carboxylic acid groups (broad SMARTS) is 1. The van der Waals surface area contributed by atoms with Gasteiger partial charge in [0.05, 0.1) is 18.5 Å². The van der Waals surface area contributed by atoms with E-state index in [2.05, 4.69) is 51.2 Å². The maximum atomic E-state index is 12.6. The number of rotatable bonds is 12. The third-order valence-corrected chi connectivity index (χ3v) is 4.77. The first-order chi connectivity index (χ1) is 14.1. The highest BCUT2D eigenvalue weighted by Gasteiger charge is 2.31. The summed E-state index contributed by atoms with van der Waals surface area (Å²) in [6, 6.07) is -4.84. The van der Waals surface area contributed by atoms with E-state index < -0.39 is 54.0 Å². The maximum absolute atomic E-state index is 12.6. The molecule has 0 aliphatic heterocycles. The summed E-state index contributed by atoms with van der Waals surface area (Å²) in [6.45, 7) is 1.21.